The van der Waals surface area contributed by atoms with E-state index in [4.69, 9.17) is 9.47 Å². The molecule has 27 heavy (non-hydrogen) atoms. The van der Waals surface area contributed by atoms with Crippen molar-refractivity contribution in [3.63, 3.8) is 0 Å². The molecular formula is C20H27N3O4. The molecule has 2 atom stereocenters. The lowest BCUT2D eigenvalue weighted by Gasteiger charge is -2.24. The minimum Gasteiger partial charge on any atom is -0.392 e. The number of fused-ring (bicyclic) bond motifs is 1. The van der Waals surface area contributed by atoms with Crippen LogP contribution in [0.25, 0.3) is 0 Å². The van der Waals surface area contributed by atoms with Crippen LogP contribution in [0.2, 0.25) is 0 Å². The quantitative estimate of drug-likeness (QED) is 0.775. The largest absolute Gasteiger partial charge is 0.392 e. The van der Waals surface area contributed by atoms with E-state index in [1.807, 2.05) is 38.1 Å². The highest BCUT2D eigenvalue weighted by atomic mass is 16.5. The van der Waals surface area contributed by atoms with Gasteiger partial charge < -0.3 is 19.9 Å². The van der Waals surface area contributed by atoms with Crippen LogP contribution in [0.3, 0.4) is 0 Å². The fraction of sp³-hybridized carbons (Fsp3) is 0.500. The molecule has 0 radical (unpaired) electrons. The maximum absolute atomic E-state index is 13.0. The van der Waals surface area contributed by atoms with Crippen molar-refractivity contribution >= 4 is 5.91 Å². The molecule has 2 aromatic rings. The molecule has 1 aliphatic rings. The number of methoxy groups -OCH3 is 1. The van der Waals surface area contributed by atoms with Crippen LogP contribution in [0.5, 0.6) is 0 Å². The summed E-state index contributed by atoms with van der Waals surface area (Å²) in [5.74, 6) is -0.172. The Morgan fingerprint density at radius 2 is 2.11 bits per heavy atom. The lowest BCUT2D eigenvalue weighted by atomic mass is 9.99. The van der Waals surface area contributed by atoms with Gasteiger partial charge in [-0.05, 0) is 25.0 Å². The smallest absolute Gasteiger partial charge is 0.270 e. The SMILES string of the molecule is COCCn1nc2c(c1C(=O)NCc1ccccc1CO)C[C@H](C)O[C@@H]2C. The van der Waals surface area contributed by atoms with Crippen LogP contribution < -0.4 is 5.32 Å². The Morgan fingerprint density at radius 1 is 1.37 bits per heavy atom. The Hall–Kier alpha value is -2.22. The zero-order valence-corrected chi connectivity index (χ0v) is 16.1. The molecule has 0 spiro atoms. The predicted octanol–water partition coefficient (Wildman–Crippen LogP) is 1.97. The van der Waals surface area contributed by atoms with E-state index in [1.165, 1.54) is 0 Å². The maximum atomic E-state index is 13.0. The Bertz CT molecular complexity index is 803. The first-order valence-corrected chi connectivity index (χ1v) is 9.25. The first kappa shape index (κ1) is 19.5. The summed E-state index contributed by atoms with van der Waals surface area (Å²) in [6.07, 6.45) is 0.547. The summed E-state index contributed by atoms with van der Waals surface area (Å²) in [4.78, 5) is 13.0. The third-order valence-corrected chi connectivity index (χ3v) is 4.85. The Labute approximate surface area is 159 Å². The number of nitrogens with zero attached hydrogens (tertiary/aromatic N) is 2. The number of hydrogen-bond donors (Lipinski definition) is 2. The molecule has 1 amide bonds. The van der Waals surface area contributed by atoms with Crippen molar-refractivity contribution < 1.29 is 19.4 Å². The van der Waals surface area contributed by atoms with Crippen LogP contribution in [0.4, 0.5) is 0 Å². The highest BCUT2D eigenvalue weighted by Gasteiger charge is 2.32. The van der Waals surface area contributed by atoms with Gasteiger partial charge in [-0.15, -0.1) is 0 Å². The summed E-state index contributed by atoms with van der Waals surface area (Å²) >= 11 is 0. The topological polar surface area (TPSA) is 85.6 Å². The van der Waals surface area contributed by atoms with Gasteiger partial charge in [-0.25, -0.2) is 0 Å². The van der Waals surface area contributed by atoms with Gasteiger partial charge in [0, 0.05) is 25.6 Å². The summed E-state index contributed by atoms with van der Waals surface area (Å²) in [6.45, 7) is 5.23. The van der Waals surface area contributed by atoms with E-state index in [9.17, 15) is 9.90 Å². The van der Waals surface area contributed by atoms with Crippen LogP contribution >= 0.6 is 0 Å². The zero-order chi connectivity index (χ0) is 19.4. The Morgan fingerprint density at radius 3 is 2.81 bits per heavy atom. The Kier molecular flexibility index (Phi) is 6.26. The second kappa shape index (κ2) is 8.65. The van der Waals surface area contributed by atoms with E-state index in [2.05, 4.69) is 10.4 Å². The molecule has 1 aromatic heterocycles. The summed E-state index contributed by atoms with van der Waals surface area (Å²) in [5, 5.41) is 17.1. The lowest BCUT2D eigenvalue weighted by Crippen LogP contribution is -2.29. The van der Waals surface area contributed by atoms with Crippen molar-refractivity contribution in [3.8, 4) is 0 Å². The van der Waals surface area contributed by atoms with Gasteiger partial charge in [0.05, 0.1) is 37.7 Å². The highest BCUT2D eigenvalue weighted by molar-refractivity contribution is 5.94. The summed E-state index contributed by atoms with van der Waals surface area (Å²) < 4.78 is 12.7. The van der Waals surface area contributed by atoms with Crippen molar-refractivity contribution in [2.75, 3.05) is 13.7 Å². The van der Waals surface area contributed by atoms with Gasteiger partial charge in [0.25, 0.3) is 5.91 Å². The number of carbonyl (C=O) groups excluding carboxylic acids is 1. The number of aliphatic hydroxyl groups is 1. The van der Waals surface area contributed by atoms with Gasteiger partial charge in [0.15, 0.2) is 0 Å². The van der Waals surface area contributed by atoms with E-state index in [0.717, 1.165) is 22.4 Å². The zero-order valence-electron chi connectivity index (χ0n) is 16.1. The van der Waals surface area contributed by atoms with Gasteiger partial charge in [0.1, 0.15) is 5.69 Å². The maximum Gasteiger partial charge on any atom is 0.270 e. The first-order valence-electron chi connectivity index (χ1n) is 9.25. The molecule has 0 aliphatic carbocycles. The molecule has 0 bridgehead atoms. The number of rotatable bonds is 7. The normalized spacial score (nSPS) is 19.0. The molecule has 0 unspecified atom stereocenters. The monoisotopic (exact) mass is 373 g/mol. The van der Waals surface area contributed by atoms with Gasteiger partial charge in [-0.1, -0.05) is 24.3 Å². The average molecular weight is 373 g/mol. The highest BCUT2D eigenvalue weighted by Crippen LogP contribution is 2.31. The molecule has 7 heteroatoms. The van der Waals surface area contributed by atoms with Crippen molar-refractivity contribution in [2.45, 2.75) is 52.2 Å². The van der Waals surface area contributed by atoms with Crippen molar-refractivity contribution in [2.24, 2.45) is 0 Å². The van der Waals surface area contributed by atoms with Gasteiger partial charge in [-0.3, -0.25) is 9.48 Å². The average Bonchev–Trinajstić information content (AvgIpc) is 3.03. The fourth-order valence-corrected chi connectivity index (χ4v) is 3.53. The number of carbonyl (C=O) groups is 1. The van der Waals surface area contributed by atoms with Crippen LogP contribution in [-0.2, 0) is 35.6 Å². The van der Waals surface area contributed by atoms with Crippen LogP contribution in [0.1, 0.15) is 52.8 Å². The molecule has 2 heterocycles. The summed E-state index contributed by atoms with van der Waals surface area (Å²) in [6, 6.07) is 7.52. The minimum absolute atomic E-state index is 0.0363. The summed E-state index contributed by atoms with van der Waals surface area (Å²) in [7, 11) is 1.63. The molecule has 7 nitrogen and oxygen atoms in total. The molecule has 146 valence electrons. The van der Waals surface area contributed by atoms with Gasteiger partial charge >= 0.3 is 0 Å². The minimum atomic E-state index is -0.172. The van der Waals surface area contributed by atoms with Crippen LogP contribution in [-0.4, -0.2) is 40.6 Å². The third-order valence-electron chi connectivity index (χ3n) is 4.85. The molecule has 2 N–H and O–H groups in total. The van der Waals surface area contributed by atoms with E-state index >= 15 is 0 Å². The number of ether oxygens (including phenoxy) is 2. The van der Waals surface area contributed by atoms with Gasteiger partial charge in [0.2, 0.25) is 0 Å². The third kappa shape index (κ3) is 4.21. The van der Waals surface area contributed by atoms with Crippen LogP contribution in [0.15, 0.2) is 24.3 Å². The fourth-order valence-electron chi connectivity index (χ4n) is 3.53. The number of benzene rings is 1. The standard InChI is InChI=1S/C20H27N3O4/c1-13-10-17-18(14(2)27-13)22-23(8-9-26-3)19(17)20(25)21-11-15-6-4-5-7-16(15)12-24/h4-7,13-14,24H,8-12H2,1-3H3,(H,21,25)/t13-,14+/m0/s1. The molecule has 0 saturated carbocycles. The molecule has 0 saturated heterocycles. The van der Waals surface area contributed by atoms with E-state index < -0.39 is 0 Å². The van der Waals surface area contributed by atoms with E-state index in [1.54, 1.807) is 11.8 Å². The second-order valence-electron chi connectivity index (χ2n) is 6.83. The van der Waals surface area contributed by atoms with E-state index in [-0.39, 0.29) is 24.7 Å². The number of aliphatic hydroxyl groups excluding tert-OH is 1. The predicted molar refractivity (Wildman–Crippen MR) is 100 cm³/mol. The molecular weight excluding hydrogens is 346 g/mol. The van der Waals surface area contributed by atoms with E-state index in [0.29, 0.717) is 31.8 Å². The molecule has 0 fully saturated rings. The first-order chi connectivity index (χ1) is 13.0. The number of hydrogen-bond acceptors (Lipinski definition) is 5. The number of amides is 1. The van der Waals surface area contributed by atoms with Crippen molar-refractivity contribution in [3.05, 3.63) is 52.3 Å². The second-order valence-corrected chi connectivity index (χ2v) is 6.83. The van der Waals surface area contributed by atoms with Crippen LogP contribution in [0, 0.1) is 0 Å². The van der Waals surface area contributed by atoms with Gasteiger partial charge in [-0.2, -0.15) is 5.10 Å². The van der Waals surface area contributed by atoms with Crippen molar-refractivity contribution in [1.29, 1.82) is 0 Å². The molecule has 1 aliphatic heterocycles. The number of aromatic nitrogens is 2. The van der Waals surface area contributed by atoms with Crippen molar-refractivity contribution in [1.82, 2.24) is 15.1 Å². The Balaban J connectivity index is 1.86. The lowest BCUT2D eigenvalue weighted by molar-refractivity contribution is -0.00716. The molecule has 1 aromatic carbocycles. The number of nitrogens with one attached hydrogen (secondary N) is 1. The molecule has 3 rings (SSSR count). The summed E-state index contributed by atoms with van der Waals surface area (Å²) in [5.41, 5.74) is 4.06.